The molecular formula is C21H19N3O3S. The van der Waals surface area contributed by atoms with E-state index in [1.54, 1.807) is 11.0 Å². The molecule has 0 radical (unpaired) electrons. The predicted molar refractivity (Wildman–Crippen MR) is 110 cm³/mol. The first-order valence-electron chi connectivity index (χ1n) is 9.16. The Morgan fingerprint density at radius 2 is 2.04 bits per heavy atom. The lowest BCUT2D eigenvalue weighted by Gasteiger charge is -2.16. The third-order valence-electron chi connectivity index (χ3n) is 4.97. The van der Waals surface area contributed by atoms with Gasteiger partial charge in [0.2, 0.25) is 5.91 Å². The molecule has 6 nitrogen and oxygen atoms in total. The van der Waals surface area contributed by atoms with E-state index in [1.807, 2.05) is 5.38 Å². The number of thiazole rings is 1. The number of nitrogens with zero attached hydrogens (tertiary/aromatic N) is 3. The van der Waals surface area contributed by atoms with Crippen LogP contribution in [-0.4, -0.2) is 22.4 Å². The monoisotopic (exact) mass is 393 g/mol. The molecule has 0 saturated heterocycles. The molecule has 3 aromatic rings. The first-order valence-corrected chi connectivity index (χ1v) is 10.0. The summed E-state index contributed by atoms with van der Waals surface area (Å²) in [6, 6.07) is 13.0. The van der Waals surface area contributed by atoms with Crippen LogP contribution in [0, 0.1) is 10.1 Å². The maximum Gasteiger partial charge on any atom is 0.271 e. The van der Waals surface area contributed by atoms with E-state index in [-0.39, 0.29) is 18.0 Å². The number of aryl methyl sites for hydroxylation is 1. The largest absolute Gasteiger partial charge is 0.311 e. The van der Waals surface area contributed by atoms with Crippen LogP contribution >= 0.6 is 11.3 Å². The van der Waals surface area contributed by atoms with E-state index in [4.69, 9.17) is 0 Å². The second kappa shape index (κ2) is 7.52. The molecule has 142 valence electrons. The van der Waals surface area contributed by atoms with Crippen molar-refractivity contribution in [2.24, 2.45) is 0 Å². The third kappa shape index (κ3) is 3.53. The van der Waals surface area contributed by atoms with Crippen LogP contribution in [0.3, 0.4) is 0 Å². The van der Waals surface area contributed by atoms with Crippen LogP contribution in [0.2, 0.25) is 0 Å². The van der Waals surface area contributed by atoms with E-state index in [2.05, 4.69) is 36.2 Å². The highest BCUT2D eigenvalue weighted by molar-refractivity contribution is 7.13. The second-order valence-corrected chi connectivity index (χ2v) is 7.59. The molecule has 0 saturated carbocycles. The summed E-state index contributed by atoms with van der Waals surface area (Å²) >= 11 is 1.52. The van der Waals surface area contributed by atoms with Crippen LogP contribution in [0.15, 0.2) is 47.8 Å². The Bertz CT molecular complexity index is 1040. The van der Waals surface area contributed by atoms with Crippen LogP contribution in [0.5, 0.6) is 0 Å². The summed E-state index contributed by atoms with van der Waals surface area (Å²) < 4.78 is 0. The first-order chi connectivity index (χ1) is 13.5. The fraction of sp³-hybridized carbons (Fsp3) is 0.238. The fourth-order valence-corrected chi connectivity index (χ4v) is 4.22. The molecule has 0 atom stereocenters. The molecule has 0 aliphatic carbocycles. The topological polar surface area (TPSA) is 76.3 Å². The molecule has 2 aromatic carbocycles. The summed E-state index contributed by atoms with van der Waals surface area (Å²) in [6.07, 6.45) is 1.89. The second-order valence-electron chi connectivity index (χ2n) is 6.74. The Morgan fingerprint density at radius 3 is 2.75 bits per heavy atom. The zero-order valence-corrected chi connectivity index (χ0v) is 16.2. The van der Waals surface area contributed by atoms with E-state index in [9.17, 15) is 14.9 Å². The first kappa shape index (κ1) is 18.3. The normalized spacial score (nSPS) is 12.8. The number of rotatable bonds is 5. The number of anilines is 1. The zero-order valence-electron chi connectivity index (χ0n) is 15.4. The molecule has 4 rings (SSSR count). The highest BCUT2D eigenvalue weighted by Crippen LogP contribution is 2.32. The van der Waals surface area contributed by atoms with Crippen molar-refractivity contribution in [3.63, 3.8) is 0 Å². The van der Waals surface area contributed by atoms with Gasteiger partial charge >= 0.3 is 0 Å². The van der Waals surface area contributed by atoms with Gasteiger partial charge in [-0.05, 0) is 24.0 Å². The van der Waals surface area contributed by atoms with Gasteiger partial charge in [0, 0.05) is 29.6 Å². The van der Waals surface area contributed by atoms with Gasteiger partial charge in [-0.15, -0.1) is 11.3 Å². The van der Waals surface area contributed by atoms with Crippen LogP contribution in [0.1, 0.15) is 23.7 Å². The van der Waals surface area contributed by atoms with Crippen LogP contribution in [0.4, 0.5) is 11.4 Å². The van der Waals surface area contributed by atoms with Gasteiger partial charge in [-0.3, -0.25) is 14.9 Å². The molecule has 7 heteroatoms. The van der Waals surface area contributed by atoms with Crippen LogP contribution < -0.4 is 4.90 Å². The van der Waals surface area contributed by atoms with Gasteiger partial charge < -0.3 is 4.90 Å². The zero-order chi connectivity index (χ0) is 19.7. The number of benzene rings is 2. The number of amides is 1. The lowest BCUT2D eigenvalue weighted by molar-refractivity contribution is -0.384. The summed E-state index contributed by atoms with van der Waals surface area (Å²) in [5.41, 5.74) is 4.66. The highest BCUT2D eigenvalue weighted by atomic mass is 32.1. The SMILES string of the molecule is CCc1ccc(-c2nc(CC(=O)N3CCc4ccc([N+](=O)[O-])cc43)cs2)cc1. The molecule has 0 unspecified atom stereocenters. The molecule has 28 heavy (non-hydrogen) atoms. The van der Waals surface area contributed by atoms with E-state index >= 15 is 0 Å². The lowest BCUT2D eigenvalue weighted by Crippen LogP contribution is -2.30. The van der Waals surface area contributed by atoms with E-state index in [0.29, 0.717) is 18.7 Å². The van der Waals surface area contributed by atoms with Gasteiger partial charge in [0.1, 0.15) is 5.01 Å². The van der Waals surface area contributed by atoms with Crippen LogP contribution in [0.25, 0.3) is 10.6 Å². The van der Waals surface area contributed by atoms with Crippen molar-refractivity contribution in [2.45, 2.75) is 26.2 Å². The number of hydrogen-bond acceptors (Lipinski definition) is 5. The third-order valence-corrected chi connectivity index (χ3v) is 5.91. The minimum Gasteiger partial charge on any atom is -0.311 e. The van der Waals surface area contributed by atoms with Crippen molar-refractivity contribution >= 4 is 28.6 Å². The summed E-state index contributed by atoms with van der Waals surface area (Å²) in [6.45, 7) is 2.66. The summed E-state index contributed by atoms with van der Waals surface area (Å²) in [4.78, 5) is 29.7. The number of aromatic nitrogens is 1. The standard InChI is InChI=1S/C21H19N3O3S/c1-2-14-3-5-16(6-4-14)21-22-17(13-28-21)11-20(25)23-10-9-15-7-8-18(24(26)27)12-19(15)23/h3-8,12-13H,2,9-11H2,1H3. The lowest BCUT2D eigenvalue weighted by atomic mass is 10.1. The van der Waals surface area contributed by atoms with E-state index in [0.717, 1.165) is 28.2 Å². The number of hydrogen-bond donors (Lipinski definition) is 0. The Hall–Kier alpha value is -3.06. The summed E-state index contributed by atoms with van der Waals surface area (Å²) in [7, 11) is 0. The average Bonchev–Trinajstić information content (AvgIpc) is 3.34. The number of carbonyl (C=O) groups excluding carboxylic acids is 1. The summed E-state index contributed by atoms with van der Waals surface area (Å²) in [5, 5.41) is 13.8. The van der Waals surface area contributed by atoms with Crippen molar-refractivity contribution in [3.05, 3.63) is 74.8 Å². The van der Waals surface area contributed by atoms with Crippen molar-refractivity contribution in [1.82, 2.24) is 4.98 Å². The molecule has 1 amide bonds. The molecular weight excluding hydrogens is 374 g/mol. The molecule has 0 spiro atoms. The average molecular weight is 393 g/mol. The molecule has 1 aliphatic rings. The molecule has 0 fully saturated rings. The van der Waals surface area contributed by atoms with Gasteiger partial charge in [-0.2, -0.15) is 0 Å². The minimum atomic E-state index is -0.433. The fourth-order valence-electron chi connectivity index (χ4n) is 3.39. The van der Waals surface area contributed by atoms with E-state index in [1.165, 1.54) is 29.0 Å². The Kier molecular flexibility index (Phi) is 4.92. The smallest absolute Gasteiger partial charge is 0.271 e. The van der Waals surface area contributed by atoms with Gasteiger partial charge in [-0.25, -0.2) is 4.98 Å². The van der Waals surface area contributed by atoms with Crippen molar-refractivity contribution in [2.75, 3.05) is 11.4 Å². The molecule has 1 aliphatic heterocycles. The van der Waals surface area contributed by atoms with Gasteiger partial charge in [-0.1, -0.05) is 37.3 Å². The van der Waals surface area contributed by atoms with E-state index < -0.39 is 4.92 Å². The van der Waals surface area contributed by atoms with Crippen LogP contribution in [-0.2, 0) is 24.1 Å². The Balaban J connectivity index is 1.50. The highest BCUT2D eigenvalue weighted by Gasteiger charge is 2.27. The maximum atomic E-state index is 12.8. The van der Waals surface area contributed by atoms with Gasteiger partial charge in [0.05, 0.1) is 22.7 Å². The number of non-ortho nitro benzene ring substituents is 1. The number of fused-ring (bicyclic) bond motifs is 1. The van der Waals surface area contributed by atoms with Crippen molar-refractivity contribution in [1.29, 1.82) is 0 Å². The number of nitro groups is 1. The van der Waals surface area contributed by atoms with Gasteiger partial charge in [0.25, 0.3) is 5.69 Å². The van der Waals surface area contributed by atoms with Crippen molar-refractivity contribution in [3.8, 4) is 10.6 Å². The number of carbonyl (C=O) groups is 1. The van der Waals surface area contributed by atoms with Gasteiger partial charge in [0.15, 0.2) is 0 Å². The van der Waals surface area contributed by atoms with Crippen molar-refractivity contribution < 1.29 is 9.72 Å². The molecule has 2 heterocycles. The maximum absolute atomic E-state index is 12.8. The molecule has 0 bridgehead atoms. The molecule has 1 aromatic heterocycles. The summed E-state index contributed by atoms with van der Waals surface area (Å²) in [5.74, 6) is -0.0857. The Morgan fingerprint density at radius 1 is 1.25 bits per heavy atom. The number of nitro benzene ring substituents is 1. The quantitative estimate of drug-likeness (QED) is 0.475. The Labute approximate surface area is 166 Å². The minimum absolute atomic E-state index is 0.00456. The molecule has 0 N–H and O–H groups in total. The predicted octanol–water partition coefficient (Wildman–Crippen LogP) is 4.41.